The van der Waals surface area contributed by atoms with Gasteiger partial charge in [0.1, 0.15) is 18.2 Å². The average Bonchev–Trinajstić information content (AvgIpc) is 2.58. The smallest absolute Gasteiger partial charge is 0.270 e. The van der Waals surface area contributed by atoms with Crippen LogP contribution in [0.15, 0.2) is 40.8 Å². The van der Waals surface area contributed by atoms with Crippen molar-refractivity contribution in [3.63, 3.8) is 0 Å². The van der Waals surface area contributed by atoms with E-state index in [1.54, 1.807) is 30.5 Å². The van der Waals surface area contributed by atoms with E-state index in [1.807, 2.05) is 6.07 Å². The summed E-state index contributed by atoms with van der Waals surface area (Å²) in [5, 5.41) is 9.69. The third kappa shape index (κ3) is 3.55. The molecule has 0 aliphatic rings. The zero-order valence-corrected chi connectivity index (χ0v) is 13.6. The molecule has 0 aliphatic heterocycles. The van der Waals surface area contributed by atoms with Gasteiger partial charge in [0.05, 0.1) is 12.8 Å². The first-order valence-corrected chi connectivity index (χ1v) is 7.87. The molecule has 7 heteroatoms. The van der Waals surface area contributed by atoms with E-state index < -0.39 is 5.56 Å². The van der Waals surface area contributed by atoms with E-state index >= 15 is 0 Å². The maximum absolute atomic E-state index is 12.0. The Bertz CT molecular complexity index is 824. The zero-order chi connectivity index (χ0) is 16.8. The number of hydrogen-bond acceptors (Lipinski definition) is 6. The SMILES string of the molecule is C=CCOc1cc(-c2nc(SC)[nH]c(=O)c2C#N)ccc1OC. The van der Waals surface area contributed by atoms with Crippen LogP contribution in [0, 0.1) is 11.3 Å². The van der Waals surface area contributed by atoms with Gasteiger partial charge < -0.3 is 14.5 Å². The summed E-state index contributed by atoms with van der Waals surface area (Å²) in [5.41, 5.74) is 0.406. The van der Waals surface area contributed by atoms with E-state index in [4.69, 9.17) is 9.47 Å². The summed E-state index contributed by atoms with van der Waals surface area (Å²) >= 11 is 1.29. The van der Waals surface area contributed by atoms with Gasteiger partial charge in [0.25, 0.3) is 5.56 Å². The molecule has 118 valence electrons. The molecular formula is C16H15N3O3S. The van der Waals surface area contributed by atoms with Crippen LogP contribution in [-0.2, 0) is 0 Å². The number of benzene rings is 1. The Labute approximate surface area is 137 Å². The summed E-state index contributed by atoms with van der Waals surface area (Å²) in [6, 6.07) is 7.02. The second kappa shape index (κ2) is 7.51. The highest BCUT2D eigenvalue weighted by molar-refractivity contribution is 7.98. The molecule has 0 saturated heterocycles. The molecule has 6 nitrogen and oxygen atoms in total. The van der Waals surface area contributed by atoms with E-state index in [0.717, 1.165) is 0 Å². The second-order valence-electron chi connectivity index (χ2n) is 4.38. The Morgan fingerprint density at radius 2 is 2.26 bits per heavy atom. The van der Waals surface area contributed by atoms with E-state index in [-0.39, 0.29) is 5.56 Å². The zero-order valence-electron chi connectivity index (χ0n) is 12.8. The highest BCUT2D eigenvalue weighted by Crippen LogP contribution is 2.32. The fourth-order valence-corrected chi connectivity index (χ4v) is 2.32. The maximum atomic E-state index is 12.0. The molecule has 2 rings (SSSR count). The number of aromatic amines is 1. The second-order valence-corrected chi connectivity index (χ2v) is 5.17. The van der Waals surface area contributed by atoms with Crippen LogP contribution < -0.4 is 15.0 Å². The topological polar surface area (TPSA) is 88.0 Å². The van der Waals surface area contributed by atoms with Crippen LogP contribution in [0.1, 0.15) is 5.56 Å². The maximum Gasteiger partial charge on any atom is 0.270 e. The van der Waals surface area contributed by atoms with Crippen molar-refractivity contribution in [2.75, 3.05) is 20.0 Å². The largest absolute Gasteiger partial charge is 0.493 e. The molecule has 1 aromatic heterocycles. The van der Waals surface area contributed by atoms with Gasteiger partial charge in [0.15, 0.2) is 16.7 Å². The first-order chi connectivity index (χ1) is 11.1. The molecule has 1 N–H and O–H groups in total. The van der Waals surface area contributed by atoms with Crippen molar-refractivity contribution in [2.45, 2.75) is 5.16 Å². The lowest BCUT2D eigenvalue weighted by Gasteiger charge is -2.12. The minimum atomic E-state index is -0.466. The first-order valence-electron chi connectivity index (χ1n) is 6.65. The number of methoxy groups -OCH3 is 1. The predicted octanol–water partition coefficient (Wildman–Crippen LogP) is 2.60. The highest BCUT2D eigenvalue weighted by atomic mass is 32.2. The molecule has 23 heavy (non-hydrogen) atoms. The molecule has 0 saturated carbocycles. The van der Waals surface area contributed by atoms with E-state index in [9.17, 15) is 10.1 Å². The lowest BCUT2D eigenvalue weighted by Crippen LogP contribution is -2.14. The Balaban J connectivity index is 2.62. The van der Waals surface area contributed by atoms with Crippen molar-refractivity contribution in [3.8, 4) is 28.8 Å². The number of ether oxygens (including phenoxy) is 2. The van der Waals surface area contributed by atoms with Crippen LogP contribution in [0.25, 0.3) is 11.3 Å². The number of nitrogens with one attached hydrogen (secondary N) is 1. The summed E-state index contributed by atoms with van der Waals surface area (Å²) in [6.07, 6.45) is 3.41. The standard InChI is InChI=1S/C16H15N3O3S/c1-4-7-22-13-8-10(5-6-12(13)21-2)14-11(9-17)15(20)19-16(18-14)23-3/h4-6,8H,1,7H2,2-3H3,(H,18,19,20). The molecule has 1 heterocycles. The summed E-state index contributed by atoms with van der Waals surface area (Å²) in [5.74, 6) is 1.03. The number of thioether (sulfide) groups is 1. The number of nitrogens with zero attached hydrogens (tertiary/aromatic N) is 2. The highest BCUT2D eigenvalue weighted by Gasteiger charge is 2.15. The number of nitriles is 1. The summed E-state index contributed by atoms with van der Waals surface area (Å²) in [7, 11) is 1.54. The average molecular weight is 329 g/mol. The molecular weight excluding hydrogens is 314 g/mol. The number of H-pyrrole nitrogens is 1. The van der Waals surface area contributed by atoms with Gasteiger partial charge in [-0.1, -0.05) is 24.4 Å². The van der Waals surface area contributed by atoms with E-state index in [0.29, 0.717) is 34.5 Å². The van der Waals surface area contributed by atoms with Crippen LogP contribution in [0.3, 0.4) is 0 Å². The molecule has 0 aliphatic carbocycles. The number of rotatable bonds is 6. The third-order valence-corrected chi connectivity index (χ3v) is 3.58. The molecule has 0 bridgehead atoms. The van der Waals surface area contributed by atoms with Crippen molar-refractivity contribution in [1.82, 2.24) is 9.97 Å². The Morgan fingerprint density at radius 3 is 2.87 bits per heavy atom. The normalized spacial score (nSPS) is 9.96. The van der Waals surface area contributed by atoms with Gasteiger partial charge in [-0.2, -0.15) is 5.26 Å². The fraction of sp³-hybridized carbons (Fsp3) is 0.188. The monoisotopic (exact) mass is 329 g/mol. The fourth-order valence-electron chi connectivity index (χ4n) is 1.95. The van der Waals surface area contributed by atoms with Crippen LogP contribution in [-0.4, -0.2) is 29.9 Å². The summed E-state index contributed by atoms with van der Waals surface area (Å²) in [4.78, 5) is 18.9. The Kier molecular flexibility index (Phi) is 5.44. The van der Waals surface area contributed by atoms with Crippen LogP contribution in [0.5, 0.6) is 11.5 Å². The molecule has 0 unspecified atom stereocenters. The van der Waals surface area contributed by atoms with Crippen molar-refractivity contribution in [1.29, 1.82) is 5.26 Å². The van der Waals surface area contributed by atoms with Gasteiger partial charge in [-0.3, -0.25) is 4.79 Å². The van der Waals surface area contributed by atoms with Gasteiger partial charge in [-0.05, 0) is 24.5 Å². The molecule has 0 radical (unpaired) electrons. The van der Waals surface area contributed by atoms with Crippen molar-refractivity contribution in [3.05, 3.63) is 46.8 Å². The Morgan fingerprint density at radius 1 is 1.48 bits per heavy atom. The first kappa shape index (κ1) is 16.6. The van der Waals surface area contributed by atoms with Crippen LogP contribution in [0.2, 0.25) is 0 Å². The molecule has 1 aromatic carbocycles. The van der Waals surface area contributed by atoms with Gasteiger partial charge in [-0.15, -0.1) is 0 Å². The number of aromatic nitrogens is 2. The van der Waals surface area contributed by atoms with Crippen LogP contribution in [0.4, 0.5) is 0 Å². The lowest BCUT2D eigenvalue weighted by molar-refractivity contribution is 0.326. The quantitative estimate of drug-likeness (QED) is 0.498. The van der Waals surface area contributed by atoms with Crippen molar-refractivity contribution in [2.24, 2.45) is 0 Å². The van der Waals surface area contributed by atoms with Gasteiger partial charge in [0, 0.05) is 5.56 Å². The molecule has 0 amide bonds. The third-order valence-electron chi connectivity index (χ3n) is 3.00. The molecule has 0 atom stereocenters. The Hall–Kier alpha value is -2.72. The number of hydrogen-bond donors (Lipinski definition) is 1. The minimum Gasteiger partial charge on any atom is -0.493 e. The van der Waals surface area contributed by atoms with E-state index in [2.05, 4.69) is 16.5 Å². The van der Waals surface area contributed by atoms with Crippen molar-refractivity contribution >= 4 is 11.8 Å². The summed E-state index contributed by atoms with van der Waals surface area (Å²) < 4.78 is 10.8. The molecule has 0 fully saturated rings. The van der Waals surface area contributed by atoms with Gasteiger partial charge in [0.2, 0.25) is 0 Å². The molecule has 2 aromatic rings. The lowest BCUT2D eigenvalue weighted by atomic mass is 10.1. The van der Waals surface area contributed by atoms with Crippen LogP contribution >= 0.6 is 11.8 Å². The minimum absolute atomic E-state index is 0.0392. The van der Waals surface area contributed by atoms with Crippen molar-refractivity contribution < 1.29 is 9.47 Å². The van der Waals surface area contributed by atoms with Gasteiger partial charge in [-0.25, -0.2) is 4.98 Å². The summed E-state index contributed by atoms with van der Waals surface area (Å²) in [6.45, 7) is 3.91. The molecule has 0 spiro atoms. The van der Waals surface area contributed by atoms with Gasteiger partial charge >= 0.3 is 0 Å². The van der Waals surface area contributed by atoms with E-state index in [1.165, 1.54) is 18.9 Å². The predicted molar refractivity (Wildman–Crippen MR) is 89.0 cm³/mol.